The first-order valence-corrected chi connectivity index (χ1v) is 7.95. The van der Waals surface area contributed by atoms with E-state index in [0.717, 1.165) is 32.1 Å². The molecule has 2 aliphatic carbocycles. The molecule has 0 aromatic rings. The fraction of sp³-hybridized carbons (Fsp3) is 0.857. The van der Waals surface area contributed by atoms with E-state index in [2.05, 4.69) is 11.4 Å². The van der Waals surface area contributed by atoms with Crippen LogP contribution in [0, 0.1) is 17.2 Å². The summed E-state index contributed by atoms with van der Waals surface area (Å²) in [6.07, 6.45) is 10.1. The van der Waals surface area contributed by atoms with Gasteiger partial charge in [0.1, 0.15) is 4.75 Å². The first-order valence-electron chi connectivity index (χ1n) is 7.13. The van der Waals surface area contributed by atoms with E-state index in [1.54, 1.807) is 0 Å². The summed E-state index contributed by atoms with van der Waals surface area (Å²) in [7, 11) is 0. The molecule has 1 amide bonds. The molecule has 1 aliphatic heterocycles. The van der Waals surface area contributed by atoms with Crippen molar-refractivity contribution in [2.45, 2.75) is 68.1 Å². The van der Waals surface area contributed by atoms with Crippen molar-refractivity contribution >= 4 is 17.0 Å². The number of carbonyl (C=O) groups excluding carboxylic acids is 1. The highest BCUT2D eigenvalue weighted by Crippen LogP contribution is 2.55. The van der Waals surface area contributed by atoms with Crippen molar-refractivity contribution in [3.63, 3.8) is 0 Å². The van der Waals surface area contributed by atoms with Crippen LogP contribution in [0.1, 0.15) is 57.8 Å². The summed E-state index contributed by atoms with van der Waals surface area (Å²) >= 11 is 1.27. The second-order valence-electron chi connectivity index (χ2n) is 6.03. The Morgan fingerprint density at radius 1 is 1.17 bits per heavy atom. The second kappa shape index (κ2) is 4.45. The monoisotopic (exact) mass is 264 g/mol. The predicted octanol–water partition coefficient (Wildman–Crippen LogP) is 3.60. The van der Waals surface area contributed by atoms with E-state index in [9.17, 15) is 10.1 Å². The lowest BCUT2D eigenvalue weighted by Crippen LogP contribution is -2.65. The van der Waals surface area contributed by atoms with Crippen LogP contribution in [-0.4, -0.2) is 15.5 Å². The van der Waals surface area contributed by atoms with E-state index in [4.69, 9.17) is 0 Å². The Labute approximate surface area is 113 Å². The van der Waals surface area contributed by atoms with Gasteiger partial charge in [0.25, 0.3) is 5.24 Å². The number of hydrogen-bond acceptors (Lipinski definition) is 3. The lowest BCUT2D eigenvalue weighted by Gasteiger charge is -2.55. The van der Waals surface area contributed by atoms with Gasteiger partial charge < -0.3 is 5.32 Å². The summed E-state index contributed by atoms with van der Waals surface area (Å²) in [5, 5.41) is 13.0. The standard InChI is InChI=1S/C14H20N2OS/c15-10-14-9-5-2-6-11(14)13(16-12(17)18-14)7-3-1-4-8-13/h11H,1-9H2,(H,16,17). The number of nitrogens with zero attached hydrogens (tertiary/aromatic N) is 1. The molecule has 3 nitrogen and oxygen atoms in total. The minimum absolute atomic E-state index is 0.0385. The highest BCUT2D eigenvalue weighted by atomic mass is 32.2. The van der Waals surface area contributed by atoms with Crippen LogP contribution in [0.15, 0.2) is 0 Å². The summed E-state index contributed by atoms with van der Waals surface area (Å²) in [4.78, 5) is 12.1. The van der Waals surface area contributed by atoms with Crippen LogP contribution in [0.3, 0.4) is 0 Å². The van der Waals surface area contributed by atoms with Crippen LogP contribution in [0.2, 0.25) is 0 Å². The molecule has 2 atom stereocenters. The van der Waals surface area contributed by atoms with Crippen molar-refractivity contribution in [2.24, 2.45) is 5.92 Å². The van der Waals surface area contributed by atoms with Gasteiger partial charge in [0.15, 0.2) is 0 Å². The Morgan fingerprint density at radius 2 is 1.89 bits per heavy atom. The number of thioether (sulfide) groups is 1. The number of nitrogens with one attached hydrogen (secondary N) is 1. The SMILES string of the molecule is N#CC12CCCCC1C1(CCCCC1)NC(=O)S2. The van der Waals surface area contributed by atoms with E-state index in [1.165, 1.54) is 37.4 Å². The topological polar surface area (TPSA) is 52.9 Å². The van der Waals surface area contributed by atoms with Gasteiger partial charge >= 0.3 is 0 Å². The van der Waals surface area contributed by atoms with Crippen LogP contribution in [0.25, 0.3) is 0 Å². The Morgan fingerprint density at radius 3 is 2.61 bits per heavy atom. The zero-order chi connectivity index (χ0) is 12.6. The molecule has 0 radical (unpaired) electrons. The molecule has 0 aromatic carbocycles. The van der Waals surface area contributed by atoms with Crippen LogP contribution in [0.5, 0.6) is 0 Å². The van der Waals surface area contributed by atoms with Crippen LogP contribution < -0.4 is 5.32 Å². The molecule has 1 heterocycles. The van der Waals surface area contributed by atoms with Gasteiger partial charge in [0, 0.05) is 11.5 Å². The van der Waals surface area contributed by atoms with E-state index >= 15 is 0 Å². The number of amides is 1. The summed E-state index contributed by atoms with van der Waals surface area (Å²) in [5.41, 5.74) is -0.0588. The zero-order valence-corrected chi connectivity index (χ0v) is 11.5. The Kier molecular flexibility index (Phi) is 3.05. The zero-order valence-electron chi connectivity index (χ0n) is 10.7. The molecule has 1 saturated heterocycles. The minimum atomic E-state index is -0.433. The molecule has 98 valence electrons. The van der Waals surface area contributed by atoms with Crippen molar-refractivity contribution in [1.82, 2.24) is 5.32 Å². The maximum atomic E-state index is 12.1. The van der Waals surface area contributed by atoms with Crippen LogP contribution in [-0.2, 0) is 0 Å². The number of rotatable bonds is 0. The molecule has 18 heavy (non-hydrogen) atoms. The summed E-state index contributed by atoms with van der Waals surface area (Å²) < 4.78 is -0.433. The van der Waals surface area contributed by atoms with E-state index < -0.39 is 4.75 Å². The van der Waals surface area contributed by atoms with Crippen LogP contribution >= 0.6 is 11.8 Å². The molecule has 3 fully saturated rings. The molecule has 2 saturated carbocycles. The normalized spacial score (nSPS) is 38.6. The molecule has 4 heteroatoms. The second-order valence-corrected chi connectivity index (χ2v) is 7.33. The highest BCUT2D eigenvalue weighted by molar-refractivity contribution is 8.15. The number of fused-ring (bicyclic) bond motifs is 2. The largest absolute Gasteiger partial charge is 0.341 e. The van der Waals surface area contributed by atoms with E-state index in [0.29, 0.717) is 5.92 Å². The van der Waals surface area contributed by atoms with Gasteiger partial charge in [-0.3, -0.25) is 4.79 Å². The summed E-state index contributed by atoms with van der Waals surface area (Å²) in [5.74, 6) is 0.367. The van der Waals surface area contributed by atoms with Crippen molar-refractivity contribution in [2.75, 3.05) is 0 Å². The lowest BCUT2D eigenvalue weighted by atomic mass is 9.63. The van der Waals surface area contributed by atoms with Gasteiger partial charge in [0.2, 0.25) is 0 Å². The van der Waals surface area contributed by atoms with Crippen molar-refractivity contribution in [3.05, 3.63) is 0 Å². The maximum Gasteiger partial charge on any atom is 0.281 e. The highest BCUT2D eigenvalue weighted by Gasteiger charge is 2.58. The quantitative estimate of drug-likeness (QED) is 0.727. The fourth-order valence-corrected chi connectivity index (χ4v) is 5.65. The third kappa shape index (κ3) is 1.75. The van der Waals surface area contributed by atoms with Crippen molar-refractivity contribution in [3.8, 4) is 6.07 Å². The smallest absolute Gasteiger partial charge is 0.281 e. The van der Waals surface area contributed by atoms with Gasteiger partial charge in [0.05, 0.1) is 6.07 Å². The third-order valence-corrected chi connectivity index (χ3v) is 6.31. The van der Waals surface area contributed by atoms with E-state index in [-0.39, 0.29) is 10.8 Å². The Balaban J connectivity index is 1.98. The van der Waals surface area contributed by atoms with Gasteiger partial charge in [-0.15, -0.1) is 0 Å². The summed E-state index contributed by atoms with van der Waals surface area (Å²) in [6.45, 7) is 0. The van der Waals surface area contributed by atoms with Crippen molar-refractivity contribution < 1.29 is 4.79 Å². The number of carbonyl (C=O) groups is 1. The molecule has 3 aliphatic rings. The number of hydrogen-bond donors (Lipinski definition) is 1. The molecular formula is C14H20N2OS. The molecule has 3 rings (SSSR count). The summed E-state index contributed by atoms with van der Waals surface area (Å²) in [6, 6.07) is 2.52. The Hall–Kier alpha value is -0.690. The van der Waals surface area contributed by atoms with Gasteiger partial charge in [-0.1, -0.05) is 32.1 Å². The first-order chi connectivity index (χ1) is 8.71. The van der Waals surface area contributed by atoms with E-state index in [1.807, 2.05) is 0 Å². The van der Waals surface area contributed by atoms with Gasteiger partial charge in [-0.05, 0) is 37.4 Å². The Bertz CT molecular complexity index is 397. The average molecular weight is 264 g/mol. The van der Waals surface area contributed by atoms with Crippen molar-refractivity contribution in [1.29, 1.82) is 5.26 Å². The number of nitriles is 1. The van der Waals surface area contributed by atoms with Gasteiger partial charge in [-0.25, -0.2) is 0 Å². The fourth-order valence-electron chi connectivity index (χ4n) is 4.28. The molecule has 1 spiro atoms. The van der Waals surface area contributed by atoms with Gasteiger partial charge in [-0.2, -0.15) is 5.26 Å². The molecule has 1 N–H and O–H groups in total. The molecule has 0 aromatic heterocycles. The third-order valence-electron chi connectivity index (χ3n) is 5.08. The minimum Gasteiger partial charge on any atom is -0.341 e. The maximum absolute atomic E-state index is 12.1. The predicted molar refractivity (Wildman–Crippen MR) is 72.2 cm³/mol. The molecule has 0 bridgehead atoms. The lowest BCUT2D eigenvalue weighted by molar-refractivity contribution is 0.105. The average Bonchev–Trinajstić information content (AvgIpc) is 2.39. The molecule has 2 unspecified atom stereocenters. The van der Waals surface area contributed by atoms with Crippen LogP contribution in [0.4, 0.5) is 4.79 Å². The molecular weight excluding hydrogens is 244 g/mol. The first kappa shape index (κ1) is 12.3.